The van der Waals surface area contributed by atoms with E-state index in [1.165, 1.54) is 12.1 Å². The molecule has 0 radical (unpaired) electrons. The lowest BCUT2D eigenvalue weighted by Gasteiger charge is -2.10. The first-order valence-electron chi connectivity index (χ1n) is 11.4. The molecular weight excluding hydrogens is 439 g/mol. The van der Waals surface area contributed by atoms with E-state index in [9.17, 15) is 4.39 Å². The number of H-pyrrole nitrogens is 2. The molecule has 7 heteroatoms. The second-order valence-corrected chi connectivity index (χ2v) is 8.99. The van der Waals surface area contributed by atoms with Crippen LogP contribution in [0.1, 0.15) is 5.56 Å². The van der Waals surface area contributed by atoms with Crippen LogP contribution >= 0.6 is 0 Å². The molecule has 2 aromatic carbocycles. The molecule has 35 heavy (non-hydrogen) atoms. The lowest BCUT2D eigenvalue weighted by atomic mass is 10.0. The standard InChI is InChI=1S/C28H23FN6/c1-35(2)16-17-8-20(13-30-12-17)18-6-7-25-23(10-18)28(34-33-25)26-11-22-24(14-31-15-27(22)32-26)19-4-3-5-21(29)9-19/h3-15,32H,16H2,1-2H3,(H,33,34). The van der Waals surface area contributed by atoms with Crippen molar-refractivity contribution in [2.75, 3.05) is 14.1 Å². The Hall–Kier alpha value is -4.36. The van der Waals surface area contributed by atoms with Gasteiger partial charge in [-0.2, -0.15) is 5.10 Å². The van der Waals surface area contributed by atoms with Crippen molar-refractivity contribution in [3.05, 3.63) is 90.8 Å². The third-order valence-corrected chi connectivity index (χ3v) is 6.13. The highest BCUT2D eigenvalue weighted by Crippen LogP contribution is 2.35. The highest BCUT2D eigenvalue weighted by atomic mass is 19.1. The van der Waals surface area contributed by atoms with Gasteiger partial charge in [0.15, 0.2) is 0 Å². The minimum atomic E-state index is -0.273. The predicted molar refractivity (Wildman–Crippen MR) is 137 cm³/mol. The minimum Gasteiger partial charge on any atom is -0.352 e. The van der Waals surface area contributed by atoms with Gasteiger partial charge in [0.2, 0.25) is 0 Å². The molecule has 0 amide bonds. The molecule has 6 nitrogen and oxygen atoms in total. The van der Waals surface area contributed by atoms with Crippen molar-refractivity contribution in [1.29, 1.82) is 0 Å². The smallest absolute Gasteiger partial charge is 0.123 e. The summed E-state index contributed by atoms with van der Waals surface area (Å²) in [5.74, 6) is -0.273. The zero-order valence-corrected chi connectivity index (χ0v) is 19.4. The van der Waals surface area contributed by atoms with Crippen LogP contribution in [0.2, 0.25) is 0 Å². The van der Waals surface area contributed by atoms with E-state index in [1.54, 1.807) is 18.5 Å². The van der Waals surface area contributed by atoms with Gasteiger partial charge in [0.05, 0.1) is 22.9 Å². The summed E-state index contributed by atoms with van der Waals surface area (Å²) in [6, 6.07) is 17.1. The highest BCUT2D eigenvalue weighted by molar-refractivity contribution is 6.01. The number of benzene rings is 2. The monoisotopic (exact) mass is 462 g/mol. The molecule has 0 fully saturated rings. The Morgan fingerprint density at radius 3 is 2.54 bits per heavy atom. The van der Waals surface area contributed by atoms with Crippen molar-refractivity contribution in [2.24, 2.45) is 0 Å². The van der Waals surface area contributed by atoms with Gasteiger partial charge in [-0.25, -0.2) is 4.39 Å². The highest BCUT2D eigenvalue weighted by Gasteiger charge is 2.15. The third kappa shape index (κ3) is 3.96. The molecule has 0 aliphatic rings. The number of pyridine rings is 2. The first kappa shape index (κ1) is 21.2. The van der Waals surface area contributed by atoms with Crippen LogP contribution in [0.3, 0.4) is 0 Å². The second-order valence-electron chi connectivity index (χ2n) is 8.99. The van der Waals surface area contributed by atoms with E-state index in [0.717, 1.165) is 67.6 Å². The van der Waals surface area contributed by atoms with Crippen LogP contribution in [0, 0.1) is 5.82 Å². The zero-order valence-electron chi connectivity index (χ0n) is 19.4. The Bertz CT molecular complexity index is 1680. The van der Waals surface area contributed by atoms with Gasteiger partial charge in [-0.1, -0.05) is 18.2 Å². The van der Waals surface area contributed by atoms with Gasteiger partial charge in [0, 0.05) is 47.0 Å². The van der Waals surface area contributed by atoms with Crippen LogP contribution in [0.25, 0.3) is 55.4 Å². The van der Waals surface area contributed by atoms with Gasteiger partial charge in [0.1, 0.15) is 11.5 Å². The van der Waals surface area contributed by atoms with Crippen molar-refractivity contribution >= 4 is 21.8 Å². The molecule has 6 rings (SSSR count). The second kappa shape index (κ2) is 8.45. The van der Waals surface area contributed by atoms with Crippen LogP contribution in [0.4, 0.5) is 4.39 Å². The number of hydrogen-bond acceptors (Lipinski definition) is 4. The van der Waals surface area contributed by atoms with Crippen LogP contribution in [-0.4, -0.2) is 44.1 Å². The summed E-state index contributed by atoms with van der Waals surface area (Å²) in [7, 11) is 4.10. The largest absolute Gasteiger partial charge is 0.352 e. The molecule has 2 N–H and O–H groups in total. The molecule has 0 spiro atoms. The van der Waals surface area contributed by atoms with Crippen molar-refractivity contribution in [3.63, 3.8) is 0 Å². The number of aromatic nitrogens is 5. The molecule has 6 aromatic rings. The number of halogens is 1. The Kier molecular flexibility index (Phi) is 5.12. The fourth-order valence-electron chi connectivity index (χ4n) is 4.56. The van der Waals surface area contributed by atoms with E-state index < -0.39 is 0 Å². The van der Waals surface area contributed by atoms with Gasteiger partial charge in [-0.3, -0.25) is 15.1 Å². The molecule has 0 aliphatic carbocycles. The molecule has 0 aliphatic heterocycles. The number of fused-ring (bicyclic) bond motifs is 2. The van der Waals surface area contributed by atoms with Crippen LogP contribution < -0.4 is 0 Å². The summed E-state index contributed by atoms with van der Waals surface area (Å²) >= 11 is 0. The molecule has 4 aromatic heterocycles. The topological polar surface area (TPSA) is 73.5 Å². The maximum Gasteiger partial charge on any atom is 0.123 e. The fourth-order valence-corrected chi connectivity index (χ4v) is 4.56. The number of hydrogen-bond donors (Lipinski definition) is 2. The van der Waals surface area contributed by atoms with Gasteiger partial charge >= 0.3 is 0 Å². The van der Waals surface area contributed by atoms with E-state index in [2.05, 4.69) is 54.3 Å². The van der Waals surface area contributed by atoms with Gasteiger partial charge in [-0.15, -0.1) is 0 Å². The molecule has 172 valence electrons. The lowest BCUT2D eigenvalue weighted by Crippen LogP contribution is -2.10. The van der Waals surface area contributed by atoms with E-state index >= 15 is 0 Å². The Labute approximate surface area is 201 Å². The van der Waals surface area contributed by atoms with Crippen LogP contribution in [0.15, 0.2) is 79.4 Å². The Morgan fingerprint density at radius 2 is 1.69 bits per heavy atom. The van der Waals surface area contributed by atoms with Crippen molar-refractivity contribution in [3.8, 4) is 33.6 Å². The summed E-state index contributed by atoms with van der Waals surface area (Å²) in [5, 5.41) is 9.73. The lowest BCUT2D eigenvalue weighted by molar-refractivity contribution is 0.402. The first-order chi connectivity index (χ1) is 17.0. The quantitative estimate of drug-likeness (QED) is 0.328. The maximum atomic E-state index is 13.9. The van der Waals surface area contributed by atoms with Gasteiger partial charge in [-0.05, 0) is 67.2 Å². The average molecular weight is 463 g/mol. The number of aromatic amines is 2. The third-order valence-electron chi connectivity index (χ3n) is 6.13. The number of nitrogens with zero attached hydrogens (tertiary/aromatic N) is 4. The minimum absolute atomic E-state index is 0.273. The molecule has 0 unspecified atom stereocenters. The summed E-state index contributed by atoms with van der Waals surface area (Å²) in [6.07, 6.45) is 7.34. The summed E-state index contributed by atoms with van der Waals surface area (Å²) in [6.45, 7) is 0.830. The average Bonchev–Trinajstić information content (AvgIpc) is 3.47. The normalized spacial score (nSPS) is 11.7. The molecular formula is C28H23FN6. The zero-order chi connectivity index (χ0) is 23.9. The van der Waals surface area contributed by atoms with Crippen LogP contribution in [0.5, 0.6) is 0 Å². The number of nitrogens with one attached hydrogen (secondary N) is 2. The first-order valence-corrected chi connectivity index (χ1v) is 11.4. The van der Waals surface area contributed by atoms with E-state index in [-0.39, 0.29) is 5.82 Å². The van der Waals surface area contributed by atoms with Gasteiger partial charge in [0.25, 0.3) is 0 Å². The molecule has 0 bridgehead atoms. The molecule has 4 heterocycles. The maximum absolute atomic E-state index is 13.9. The fraction of sp³-hybridized carbons (Fsp3) is 0.107. The predicted octanol–water partition coefficient (Wildman–Crippen LogP) is 6.04. The summed E-state index contributed by atoms with van der Waals surface area (Å²) < 4.78 is 13.9. The van der Waals surface area contributed by atoms with Crippen molar-refractivity contribution < 1.29 is 4.39 Å². The number of rotatable bonds is 5. The molecule has 0 atom stereocenters. The van der Waals surface area contributed by atoms with E-state index in [1.807, 2.05) is 38.6 Å². The van der Waals surface area contributed by atoms with E-state index in [4.69, 9.17) is 0 Å². The SMILES string of the molecule is CN(C)Cc1cncc(-c2ccc3[nH]nc(-c4cc5c(-c6cccc(F)c6)cncc5[nH]4)c3c2)c1. The Morgan fingerprint density at radius 1 is 0.800 bits per heavy atom. The molecule has 0 saturated heterocycles. The van der Waals surface area contributed by atoms with E-state index in [0.29, 0.717) is 0 Å². The van der Waals surface area contributed by atoms with Crippen LogP contribution in [-0.2, 0) is 6.54 Å². The Balaban J connectivity index is 1.45. The molecule has 0 saturated carbocycles. The van der Waals surface area contributed by atoms with Crippen molar-refractivity contribution in [1.82, 2.24) is 30.0 Å². The van der Waals surface area contributed by atoms with Crippen molar-refractivity contribution in [2.45, 2.75) is 6.54 Å². The van der Waals surface area contributed by atoms with Gasteiger partial charge < -0.3 is 9.88 Å². The summed E-state index contributed by atoms with van der Waals surface area (Å²) in [5.41, 5.74) is 8.46. The summed E-state index contributed by atoms with van der Waals surface area (Å²) in [4.78, 5) is 14.4.